The molecule has 0 atom stereocenters. The number of amides is 2. The lowest BCUT2D eigenvalue weighted by Crippen LogP contribution is -2.35. The summed E-state index contributed by atoms with van der Waals surface area (Å²) in [7, 11) is 0. The van der Waals surface area contributed by atoms with Gasteiger partial charge in [-0.3, -0.25) is 9.59 Å². The first-order valence-corrected chi connectivity index (χ1v) is 5.46. The van der Waals surface area contributed by atoms with Crippen LogP contribution in [-0.2, 0) is 9.59 Å². The summed E-state index contributed by atoms with van der Waals surface area (Å²) < 4.78 is 13.3. The molecule has 0 unspecified atom stereocenters. The van der Waals surface area contributed by atoms with Crippen molar-refractivity contribution in [3.8, 4) is 0 Å². The van der Waals surface area contributed by atoms with Gasteiger partial charge in [0.15, 0.2) is 0 Å². The molecule has 2 amide bonds. The molecule has 0 fully saturated rings. The van der Waals surface area contributed by atoms with E-state index in [1.165, 1.54) is 12.1 Å². The first-order valence-electron chi connectivity index (χ1n) is 5.08. The summed E-state index contributed by atoms with van der Waals surface area (Å²) in [5.74, 6) is -2.38. The van der Waals surface area contributed by atoms with Crippen LogP contribution < -0.4 is 10.6 Å². The Morgan fingerprint density at radius 1 is 1.35 bits per heavy atom. The standard InChI is InChI=1S/C11H12ClFN2O2/c1-2-5-14-10(16)11(17)15-9-4-3-7(12)6-8(9)13/h3-4,6H,2,5H2,1H3,(H,14,16)(H,15,17). The minimum Gasteiger partial charge on any atom is -0.348 e. The Morgan fingerprint density at radius 2 is 2.06 bits per heavy atom. The second kappa shape index (κ2) is 6.20. The fraction of sp³-hybridized carbons (Fsp3) is 0.273. The highest BCUT2D eigenvalue weighted by atomic mass is 35.5. The van der Waals surface area contributed by atoms with Gasteiger partial charge in [-0.05, 0) is 24.6 Å². The van der Waals surface area contributed by atoms with E-state index in [0.717, 1.165) is 6.07 Å². The van der Waals surface area contributed by atoms with E-state index in [1.807, 2.05) is 6.92 Å². The Bertz CT molecular complexity index is 437. The normalized spacial score (nSPS) is 9.82. The summed E-state index contributed by atoms with van der Waals surface area (Å²) in [4.78, 5) is 22.5. The first-order chi connectivity index (χ1) is 8.04. The third-order valence-corrected chi connectivity index (χ3v) is 2.16. The molecular formula is C11H12ClFN2O2. The molecule has 17 heavy (non-hydrogen) atoms. The van der Waals surface area contributed by atoms with Gasteiger partial charge in [0.2, 0.25) is 0 Å². The number of halogens is 2. The van der Waals surface area contributed by atoms with Crippen molar-refractivity contribution in [2.24, 2.45) is 0 Å². The Labute approximate surface area is 103 Å². The number of carbonyl (C=O) groups is 2. The van der Waals surface area contributed by atoms with Crippen molar-refractivity contribution in [1.29, 1.82) is 0 Å². The molecule has 6 heteroatoms. The summed E-state index contributed by atoms with van der Waals surface area (Å²) in [5, 5.41) is 4.76. The zero-order chi connectivity index (χ0) is 12.8. The van der Waals surface area contributed by atoms with Crippen LogP contribution in [0.15, 0.2) is 18.2 Å². The molecule has 1 rings (SSSR count). The molecule has 0 aliphatic carbocycles. The van der Waals surface area contributed by atoms with E-state index in [-0.39, 0.29) is 10.7 Å². The highest BCUT2D eigenvalue weighted by Gasteiger charge is 2.14. The molecule has 4 nitrogen and oxygen atoms in total. The number of nitrogens with one attached hydrogen (secondary N) is 2. The van der Waals surface area contributed by atoms with Crippen molar-refractivity contribution >= 4 is 29.1 Å². The maximum absolute atomic E-state index is 13.3. The monoisotopic (exact) mass is 258 g/mol. The van der Waals surface area contributed by atoms with Crippen LogP contribution in [0, 0.1) is 5.82 Å². The fourth-order valence-corrected chi connectivity index (χ4v) is 1.25. The summed E-state index contributed by atoms with van der Waals surface area (Å²) in [6.45, 7) is 2.26. The predicted octanol–water partition coefficient (Wildman–Crippen LogP) is 1.94. The molecule has 0 heterocycles. The highest BCUT2D eigenvalue weighted by molar-refractivity contribution is 6.39. The van der Waals surface area contributed by atoms with Crippen molar-refractivity contribution in [1.82, 2.24) is 5.32 Å². The molecule has 92 valence electrons. The summed E-state index contributed by atoms with van der Waals surface area (Å²) in [6.07, 6.45) is 0.717. The molecule has 0 saturated carbocycles. The first kappa shape index (κ1) is 13.4. The number of carbonyl (C=O) groups excluding carboxylic acids is 2. The van der Waals surface area contributed by atoms with Gasteiger partial charge in [0.25, 0.3) is 0 Å². The maximum atomic E-state index is 13.3. The lowest BCUT2D eigenvalue weighted by molar-refractivity contribution is -0.136. The lowest BCUT2D eigenvalue weighted by Gasteiger charge is -2.06. The molecule has 0 aliphatic heterocycles. The second-order valence-electron chi connectivity index (χ2n) is 3.33. The number of benzene rings is 1. The topological polar surface area (TPSA) is 58.2 Å². The maximum Gasteiger partial charge on any atom is 0.313 e. The van der Waals surface area contributed by atoms with E-state index in [0.29, 0.717) is 13.0 Å². The van der Waals surface area contributed by atoms with Gasteiger partial charge in [-0.15, -0.1) is 0 Å². The highest BCUT2D eigenvalue weighted by Crippen LogP contribution is 2.18. The van der Waals surface area contributed by atoms with E-state index in [2.05, 4.69) is 10.6 Å². The van der Waals surface area contributed by atoms with E-state index in [1.54, 1.807) is 0 Å². The van der Waals surface area contributed by atoms with Gasteiger partial charge in [-0.2, -0.15) is 0 Å². The smallest absolute Gasteiger partial charge is 0.313 e. The van der Waals surface area contributed by atoms with Crippen LogP contribution in [-0.4, -0.2) is 18.4 Å². The van der Waals surface area contributed by atoms with Crippen LogP contribution in [0.3, 0.4) is 0 Å². The molecule has 1 aromatic rings. The van der Waals surface area contributed by atoms with Crippen molar-refractivity contribution in [3.63, 3.8) is 0 Å². The van der Waals surface area contributed by atoms with Gasteiger partial charge in [0.05, 0.1) is 5.69 Å². The number of rotatable bonds is 3. The molecule has 0 aromatic heterocycles. The van der Waals surface area contributed by atoms with Crippen molar-refractivity contribution in [3.05, 3.63) is 29.0 Å². The van der Waals surface area contributed by atoms with Crippen molar-refractivity contribution in [2.45, 2.75) is 13.3 Å². The molecule has 0 radical (unpaired) electrons. The molecular weight excluding hydrogens is 247 g/mol. The summed E-state index contributed by atoms with van der Waals surface area (Å²) in [6, 6.07) is 3.77. The van der Waals surface area contributed by atoms with Gasteiger partial charge in [0.1, 0.15) is 5.82 Å². The van der Waals surface area contributed by atoms with Crippen LogP contribution in [0.4, 0.5) is 10.1 Å². The largest absolute Gasteiger partial charge is 0.348 e. The molecule has 2 N–H and O–H groups in total. The van der Waals surface area contributed by atoms with Gasteiger partial charge < -0.3 is 10.6 Å². The van der Waals surface area contributed by atoms with Crippen molar-refractivity contribution in [2.75, 3.05) is 11.9 Å². The van der Waals surface area contributed by atoms with E-state index < -0.39 is 17.6 Å². The van der Waals surface area contributed by atoms with E-state index in [4.69, 9.17) is 11.6 Å². The van der Waals surface area contributed by atoms with Gasteiger partial charge in [-0.25, -0.2) is 4.39 Å². The third-order valence-electron chi connectivity index (χ3n) is 1.92. The molecule has 0 aliphatic rings. The SMILES string of the molecule is CCCNC(=O)C(=O)Nc1ccc(Cl)cc1F. The van der Waals surface area contributed by atoms with Crippen LogP contribution in [0.5, 0.6) is 0 Å². The number of hydrogen-bond acceptors (Lipinski definition) is 2. The van der Waals surface area contributed by atoms with Gasteiger partial charge in [0, 0.05) is 11.6 Å². The van der Waals surface area contributed by atoms with E-state index >= 15 is 0 Å². The fourth-order valence-electron chi connectivity index (χ4n) is 1.09. The zero-order valence-electron chi connectivity index (χ0n) is 9.22. The minimum atomic E-state index is -0.903. The third kappa shape index (κ3) is 4.03. The van der Waals surface area contributed by atoms with E-state index in [9.17, 15) is 14.0 Å². The Hall–Kier alpha value is -1.62. The minimum absolute atomic E-state index is 0.0777. The molecule has 0 bridgehead atoms. The predicted molar refractivity (Wildman–Crippen MR) is 63.3 cm³/mol. The number of anilines is 1. The second-order valence-corrected chi connectivity index (χ2v) is 3.77. The van der Waals surface area contributed by atoms with Crippen LogP contribution in [0.25, 0.3) is 0 Å². The summed E-state index contributed by atoms with van der Waals surface area (Å²) in [5.41, 5.74) is -0.0777. The Morgan fingerprint density at radius 3 is 2.65 bits per heavy atom. The van der Waals surface area contributed by atoms with Crippen LogP contribution in [0.1, 0.15) is 13.3 Å². The number of hydrogen-bond donors (Lipinski definition) is 2. The van der Waals surface area contributed by atoms with Crippen LogP contribution in [0.2, 0.25) is 5.02 Å². The van der Waals surface area contributed by atoms with Crippen LogP contribution >= 0.6 is 11.6 Å². The Kier molecular flexibility index (Phi) is 4.90. The van der Waals surface area contributed by atoms with Gasteiger partial charge >= 0.3 is 11.8 Å². The van der Waals surface area contributed by atoms with Gasteiger partial charge in [-0.1, -0.05) is 18.5 Å². The molecule has 0 saturated heterocycles. The average molecular weight is 259 g/mol. The average Bonchev–Trinajstić information content (AvgIpc) is 2.29. The molecule has 1 aromatic carbocycles. The zero-order valence-corrected chi connectivity index (χ0v) is 9.97. The summed E-state index contributed by atoms with van der Waals surface area (Å²) >= 11 is 5.55. The Balaban J connectivity index is 2.64. The van der Waals surface area contributed by atoms with Crippen molar-refractivity contribution < 1.29 is 14.0 Å². The quantitative estimate of drug-likeness (QED) is 0.814. The lowest BCUT2D eigenvalue weighted by atomic mass is 10.3. The molecule has 0 spiro atoms.